The van der Waals surface area contributed by atoms with Gasteiger partial charge in [-0.25, -0.2) is 0 Å². The summed E-state index contributed by atoms with van der Waals surface area (Å²) in [5.41, 5.74) is 2.69. The number of thiophene rings is 1. The van der Waals surface area contributed by atoms with Gasteiger partial charge >= 0.3 is 0 Å². The van der Waals surface area contributed by atoms with Crippen LogP contribution in [0.2, 0.25) is 0 Å². The van der Waals surface area contributed by atoms with Crippen molar-refractivity contribution >= 4 is 27.3 Å². The molecule has 150 valence electrons. The van der Waals surface area contributed by atoms with Gasteiger partial charge in [-0.2, -0.15) is 0 Å². The molecule has 0 saturated heterocycles. The van der Waals surface area contributed by atoms with Crippen molar-refractivity contribution in [2.75, 3.05) is 0 Å². The van der Waals surface area contributed by atoms with E-state index >= 15 is 0 Å². The van der Waals surface area contributed by atoms with E-state index in [0.717, 1.165) is 40.9 Å². The zero-order chi connectivity index (χ0) is 20.3. The Morgan fingerprint density at radius 1 is 1.17 bits per heavy atom. The van der Waals surface area contributed by atoms with Crippen molar-refractivity contribution in [1.82, 2.24) is 19.2 Å². The summed E-state index contributed by atoms with van der Waals surface area (Å²) < 4.78 is 3.87. The van der Waals surface area contributed by atoms with Crippen molar-refractivity contribution in [2.24, 2.45) is 11.3 Å². The number of benzene rings is 1. The van der Waals surface area contributed by atoms with Gasteiger partial charge in [-0.3, -0.25) is 13.8 Å². The predicted molar refractivity (Wildman–Crippen MR) is 118 cm³/mol. The van der Waals surface area contributed by atoms with Gasteiger partial charge in [-0.1, -0.05) is 51.1 Å². The standard InChI is InChI=1S/C23H26N4OS/c1-14-24-25-22-26(13-15-8-6-5-7-9-15)20(28)19-17-11-10-16(23(2,3)4)12-18(17)29-21(19)27(14)22/h5-9,16H,10-13H2,1-4H3/t16-/m0/s1. The van der Waals surface area contributed by atoms with E-state index in [1.54, 1.807) is 15.9 Å². The van der Waals surface area contributed by atoms with E-state index in [4.69, 9.17) is 0 Å². The van der Waals surface area contributed by atoms with Crippen molar-refractivity contribution in [2.45, 2.75) is 53.5 Å². The fraction of sp³-hybridized carbons (Fsp3) is 0.435. The van der Waals surface area contributed by atoms with Gasteiger partial charge in [0.15, 0.2) is 0 Å². The maximum atomic E-state index is 13.7. The van der Waals surface area contributed by atoms with E-state index in [1.807, 2.05) is 37.3 Å². The summed E-state index contributed by atoms with van der Waals surface area (Å²) in [6.45, 7) is 9.45. The second-order valence-electron chi connectivity index (χ2n) is 9.25. The number of rotatable bonds is 2. The van der Waals surface area contributed by atoms with Gasteiger partial charge in [0.1, 0.15) is 10.7 Å². The fourth-order valence-electron chi connectivity index (χ4n) is 4.59. The minimum Gasteiger partial charge on any atom is -0.272 e. The summed E-state index contributed by atoms with van der Waals surface area (Å²) >= 11 is 1.77. The molecule has 0 amide bonds. The third kappa shape index (κ3) is 2.92. The molecule has 1 atom stereocenters. The summed E-state index contributed by atoms with van der Waals surface area (Å²) in [5.74, 6) is 2.11. The summed E-state index contributed by atoms with van der Waals surface area (Å²) in [5, 5.41) is 9.56. The molecule has 6 heteroatoms. The molecule has 3 heterocycles. The molecule has 0 radical (unpaired) electrons. The van der Waals surface area contributed by atoms with Crippen LogP contribution in [0.25, 0.3) is 16.0 Å². The Balaban J connectivity index is 1.76. The highest BCUT2D eigenvalue weighted by Crippen LogP contribution is 2.42. The fourth-order valence-corrected chi connectivity index (χ4v) is 6.05. The molecule has 0 bridgehead atoms. The lowest BCUT2D eigenvalue weighted by molar-refractivity contribution is 0.218. The normalized spacial score (nSPS) is 17.2. The molecular formula is C23H26N4OS. The highest BCUT2D eigenvalue weighted by atomic mass is 32.1. The molecule has 29 heavy (non-hydrogen) atoms. The molecule has 5 rings (SSSR count). The first-order valence-corrected chi connectivity index (χ1v) is 11.1. The molecule has 1 aliphatic carbocycles. The van der Waals surface area contributed by atoms with Crippen LogP contribution in [0.5, 0.6) is 0 Å². The van der Waals surface area contributed by atoms with E-state index in [1.165, 1.54) is 10.4 Å². The van der Waals surface area contributed by atoms with Gasteiger partial charge < -0.3 is 0 Å². The van der Waals surface area contributed by atoms with Crippen LogP contribution in [0.3, 0.4) is 0 Å². The number of aromatic nitrogens is 4. The second-order valence-corrected chi connectivity index (χ2v) is 10.3. The van der Waals surface area contributed by atoms with Crippen LogP contribution >= 0.6 is 11.3 Å². The molecule has 4 aromatic rings. The number of fused-ring (bicyclic) bond motifs is 5. The average molecular weight is 407 g/mol. The zero-order valence-corrected chi connectivity index (χ0v) is 18.2. The SMILES string of the molecule is Cc1nnc2n(Cc3ccccc3)c(=O)c3c4c(sc3n12)C[C@@H](C(C)(C)C)CC4. The Bertz CT molecular complexity index is 1270. The van der Waals surface area contributed by atoms with Gasteiger partial charge in [0.25, 0.3) is 5.56 Å². The summed E-state index contributed by atoms with van der Waals surface area (Å²) in [6.07, 6.45) is 3.17. The van der Waals surface area contributed by atoms with Crippen molar-refractivity contribution in [3.63, 3.8) is 0 Å². The predicted octanol–water partition coefficient (Wildman–Crippen LogP) is 4.61. The van der Waals surface area contributed by atoms with Gasteiger partial charge in [0.05, 0.1) is 11.9 Å². The van der Waals surface area contributed by atoms with Crippen molar-refractivity contribution in [3.8, 4) is 0 Å². The van der Waals surface area contributed by atoms with Crippen LogP contribution in [0, 0.1) is 18.3 Å². The van der Waals surface area contributed by atoms with E-state index in [-0.39, 0.29) is 11.0 Å². The smallest absolute Gasteiger partial charge is 0.264 e. The Morgan fingerprint density at radius 3 is 2.66 bits per heavy atom. The molecule has 1 aromatic carbocycles. The number of hydrogen-bond acceptors (Lipinski definition) is 4. The van der Waals surface area contributed by atoms with Crippen LogP contribution in [-0.4, -0.2) is 19.2 Å². The number of nitrogens with zero attached hydrogens (tertiary/aromatic N) is 4. The Morgan fingerprint density at radius 2 is 1.93 bits per heavy atom. The lowest BCUT2D eigenvalue weighted by Gasteiger charge is -2.33. The lowest BCUT2D eigenvalue weighted by Crippen LogP contribution is -2.27. The number of hydrogen-bond donors (Lipinski definition) is 0. The van der Waals surface area contributed by atoms with E-state index in [2.05, 4.69) is 35.4 Å². The van der Waals surface area contributed by atoms with E-state index in [0.29, 0.717) is 18.2 Å². The maximum Gasteiger partial charge on any atom is 0.264 e. The number of aryl methyl sites for hydroxylation is 2. The van der Waals surface area contributed by atoms with Gasteiger partial charge in [0.2, 0.25) is 5.78 Å². The average Bonchev–Trinajstić information content (AvgIpc) is 3.25. The van der Waals surface area contributed by atoms with E-state index < -0.39 is 0 Å². The first-order chi connectivity index (χ1) is 13.8. The lowest BCUT2D eigenvalue weighted by atomic mass is 9.72. The zero-order valence-electron chi connectivity index (χ0n) is 17.4. The Hall–Kier alpha value is -2.47. The molecule has 1 aliphatic rings. The highest BCUT2D eigenvalue weighted by Gasteiger charge is 2.32. The summed E-state index contributed by atoms with van der Waals surface area (Å²) in [7, 11) is 0. The summed E-state index contributed by atoms with van der Waals surface area (Å²) in [6, 6.07) is 10.1. The monoisotopic (exact) mass is 406 g/mol. The molecule has 0 unspecified atom stereocenters. The van der Waals surface area contributed by atoms with Gasteiger partial charge in [-0.05, 0) is 48.6 Å². The molecule has 5 nitrogen and oxygen atoms in total. The molecule has 0 N–H and O–H groups in total. The molecule has 0 aliphatic heterocycles. The Labute approximate surface area is 174 Å². The largest absolute Gasteiger partial charge is 0.272 e. The Kier molecular flexibility index (Phi) is 4.17. The minimum absolute atomic E-state index is 0.0652. The molecule has 0 saturated carbocycles. The topological polar surface area (TPSA) is 52.2 Å². The van der Waals surface area contributed by atoms with Gasteiger partial charge in [-0.15, -0.1) is 21.5 Å². The summed E-state index contributed by atoms with van der Waals surface area (Å²) in [4.78, 5) is 16.0. The van der Waals surface area contributed by atoms with Gasteiger partial charge in [0, 0.05) is 4.88 Å². The third-order valence-corrected chi connectivity index (χ3v) is 7.61. The van der Waals surface area contributed by atoms with Crippen molar-refractivity contribution < 1.29 is 0 Å². The quantitative estimate of drug-likeness (QED) is 0.488. The first-order valence-electron chi connectivity index (χ1n) is 10.3. The van der Waals surface area contributed by atoms with Crippen LogP contribution in [0.15, 0.2) is 35.1 Å². The maximum absolute atomic E-state index is 13.7. The first kappa shape index (κ1) is 18.6. The van der Waals surface area contributed by atoms with Crippen LogP contribution in [0.1, 0.15) is 49.0 Å². The molecule has 3 aromatic heterocycles. The highest BCUT2D eigenvalue weighted by molar-refractivity contribution is 7.18. The van der Waals surface area contributed by atoms with E-state index in [9.17, 15) is 4.79 Å². The van der Waals surface area contributed by atoms with Crippen molar-refractivity contribution in [1.29, 1.82) is 0 Å². The van der Waals surface area contributed by atoms with Crippen molar-refractivity contribution in [3.05, 3.63) is 62.5 Å². The van der Waals surface area contributed by atoms with Crippen LogP contribution in [0.4, 0.5) is 0 Å². The third-order valence-electron chi connectivity index (χ3n) is 6.37. The van der Waals surface area contributed by atoms with Crippen LogP contribution in [-0.2, 0) is 19.4 Å². The molecular weight excluding hydrogens is 380 g/mol. The minimum atomic E-state index is 0.0652. The molecule has 0 spiro atoms. The second kappa shape index (κ2) is 6.52. The van der Waals surface area contributed by atoms with Crippen LogP contribution < -0.4 is 5.56 Å². The molecule has 0 fully saturated rings.